The molecule has 2 aromatic carbocycles. The van der Waals surface area contributed by atoms with Gasteiger partial charge >= 0.3 is 0 Å². The summed E-state index contributed by atoms with van der Waals surface area (Å²) >= 11 is 12.6. The van der Waals surface area contributed by atoms with Crippen LogP contribution in [0.4, 0.5) is 0 Å². The van der Waals surface area contributed by atoms with Crippen LogP contribution in [0.3, 0.4) is 0 Å². The molecule has 0 N–H and O–H groups in total. The molecule has 0 radical (unpaired) electrons. The molecule has 3 nitrogen and oxygen atoms in total. The molecule has 0 aliphatic carbocycles. The molecule has 21 heavy (non-hydrogen) atoms. The van der Waals surface area contributed by atoms with E-state index in [9.17, 15) is 0 Å². The minimum atomic E-state index is -0.0371. The lowest BCUT2D eigenvalue weighted by Crippen LogP contribution is -2.31. The van der Waals surface area contributed by atoms with Crippen LogP contribution in [0.25, 0.3) is 0 Å². The number of hydrazone groups is 1. The largest absolute Gasteiger partial charge is 0.332 e. The Kier molecular flexibility index (Phi) is 3.79. The quantitative estimate of drug-likeness (QED) is 0.824. The van der Waals surface area contributed by atoms with E-state index in [0.29, 0.717) is 5.02 Å². The molecule has 5 heteroatoms. The first kappa shape index (κ1) is 14.2. The molecule has 108 valence electrons. The highest BCUT2D eigenvalue weighted by molar-refractivity contribution is 6.34. The molecule has 1 aliphatic heterocycles. The molecule has 0 spiro atoms. The molecule has 2 aromatic rings. The van der Waals surface area contributed by atoms with Crippen LogP contribution in [-0.4, -0.2) is 29.8 Å². The van der Waals surface area contributed by atoms with Gasteiger partial charge in [0.25, 0.3) is 0 Å². The number of rotatable bonds is 2. The van der Waals surface area contributed by atoms with E-state index in [2.05, 4.69) is 10.0 Å². The van der Waals surface area contributed by atoms with Gasteiger partial charge in [-0.25, -0.2) is 0 Å². The maximum absolute atomic E-state index is 6.33. The van der Waals surface area contributed by atoms with Gasteiger partial charge in [-0.15, -0.1) is 0 Å². The molecule has 0 saturated carbocycles. The minimum absolute atomic E-state index is 0.0371. The highest BCUT2D eigenvalue weighted by Gasteiger charge is 2.32. The van der Waals surface area contributed by atoms with Crippen molar-refractivity contribution in [3.05, 3.63) is 69.7 Å². The van der Waals surface area contributed by atoms with Gasteiger partial charge in [0.05, 0.1) is 5.02 Å². The Labute approximate surface area is 134 Å². The van der Waals surface area contributed by atoms with Crippen LogP contribution in [0.15, 0.2) is 53.6 Å². The van der Waals surface area contributed by atoms with Crippen LogP contribution >= 0.6 is 23.2 Å². The lowest BCUT2D eigenvalue weighted by atomic mass is 10.1. The average Bonchev–Trinajstić information content (AvgIpc) is 2.75. The van der Waals surface area contributed by atoms with Gasteiger partial charge in [0.2, 0.25) is 0 Å². The van der Waals surface area contributed by atoms with Gasteiger partial charge in [0.1, 0.15) is 6.17 Å². The highest BCUT2D eigenvalue weighted by Crippen LogP contribution is 2.35. The maximum atomic E-state index is 6.33. The molecule has 0 fully saturated rings. The summed E-state index contributed by atoms with van der Waals surface area (Å²) < 4.78 is 0. The third-order valence-electron chi connectivity index (χ3n) is 3.61. The minimum Gasteiger partial charge on any atom is -0.332 e. The van der Waals surface area contributed by atoms with Gasteiger partial charge < -0.3 is 4.90 Å². The number of benzene rings is 2. The summed E-state index contributed by atoms with van der Waals surface area (Å²) in [6.45, 7) is 0. The monoisotopic (exact) mass is 319 g/mol. The van der Waals surface area contributed by atoms with Crippen molar-refractivity contribution in [2.24, 2.45) is 5.10 Å². The summed E-state index contributed by atoms with van der Waals surface area (Å²) in [5.41, 5.74) is 1.94. The Balaban J connectivity index is 2.00. The van der Waals surface area contributed by atoms with Gasteiger partial charge in [-0.05, 0) is 18.2 Å². The molecule has 0 aromatic heterocycles. The average molecular weight is 320 g/mol. The van der Waals surface area contributed by atoms with E-state index in [4.69, 9.17) is 23.2 Å². The maximum Gasteiger partial charge on any atom is 0.159 e. The van der Waals surface area contributed by atoms with Crippen molar-refractivity contribution < 1.29 is 0 Å². The van der Waals surface area contributed by atoms with Crippen molar-refractivity contribution >= 4 is 29.0 Å². The topological polar surface area (TPSA) is 18.8 Å². The van der Waals surface area contributed by atoms with E-state index in [1.54, 1.807) is 0 Å². The van der Waals surface area contributed by atoms with Crippen LogP contribution in [0.2, 0.25) is 10.0 Å². The number of nitrogens with zero attached hydrogens (tertiary/aromatic N) is 3. The van der Waals surface area contributed by atoms with Crippen molar-refractivity contribution in [2.75, 3.05) is 14.1 Å². The summed E-state index contributed by atoms with van der Waals surface area (Å²) in [6.07, 6.45) is -0.0371. The Morgan fingerprint density at radius 3 is 2.19 bits per heavy atom. The van der Waals surface area contributed by atoms with E-state index >= 15 is 0 Å². The van der Waals surface area contributed by atoms with Gasteiger partial charge in [-0.2, -0.15) is 5.10 Å². The molecular formula is C16H15Cl2N3. The first-order chi connectivity index (χ1) is 10.1. The SMILES string of the molecule is CN1N=C(c2ccccc2Cl)N(C)C1c1ccccc1Cl. The predicted molar refractivity (Wildman–Crippen MR) is 87.7 cm³/mol. The number of hydrogen-bond acceptors (Lipinski definition) is 3. The van der Waals surface area contributed by atoms with E-state index in [1.807, 2.05) is 67.6 Å². The predicted octanol–water partition coefficient (Wildman–Crippen LogP) is 4.23. The molecule has 1 heterocycles. The molecule has 1 atom stereocenters. The van der Waals surface area contributed by atoms with E-state index < -0.39 is 0 Å². The van der Waals surface area contributed by atoms with Crippen molar-refractivity contribution in [1.82, 2.24) is 9.91 Å². The van der Waals surface area contributed by atoms with E-state index in [1.165, 1.54) is 0 Å². The van der Waals surface area contributed by atoms with Crippen LogP contribution in [-0.2, 0) is 0 Å². The summed E-state index contributed by atoms with van der Waals surface area (Å²) in [4.78, 5) is 2.09. The fourth-order valence-electron chi connectivity index (χ4n) is 2.62. The van der Waals surface area contributed by atoms with Crippen LogP contribution in [0.5, 0.6) is 0 Å². The number of amidine groups is 1. The van der Waals surface area contributed by atoms with Crippen molar-refractivity contribution in [3.8, 4) is 0 Å². The van der Waals surface area contributed by atoms with Crippen LogP contribution in [0.1, 0.15) is 17.3 Å². The first-order valence-electron chi connectivity index (χ1n) is 6.63. The normalized spacial score (nSPS) is 18.1. The second-order valence-corrected chi connectivity index (χ2v) is 5.80. The van der Waals surface area contributed by atoms with E-state index in [0.717, 1.165) is 22.0 Å². The Morgan fingerprint density at radius 2 is 1.52 bits per heavy atom. The molecule has 0 saturated heterocycles. The first-order valence-corrected chi connectivity index (χ1v) is 7.39. The van der Waals surface area contributed by atoms with Gasteiger partial charge in [0.15, 0.2) is 5.84 Å². The van der Waals surface area contributed by atoms with Crippen LogP contribution in [0, 0.1) is 0 Å². The van der Waals surface area contributed by atoms with Gasteiger partial charge in [-0.1, -0.05) is 53.5 Å². The third kappa shape index (κ3) is 2.47. The second kappa shape index (κ2) is 5.58. The van der Waals surface area contributed by atoms with Crippen LogP contribution < -0.4 is 0 Å². The third-order valence-corrected chi connectivity index (χ3v) is 4.28. The highest BCUT2D eigenvalue weighted by atomic mass is 35.5. The molecule has 1 unspecified atom stereocenters. The summed E-state index contributed by atoms with van der Waals surface area (Å²) in [5, 5.41) is 7.96. The standard InChI is InChI=1S/C16H15Cl2N3/c1-20-15(11-7-3-5-9-13(11)17)19-21(2)16(20)12-8-4-6-10-14(12)18/h3-10,16H,1-2H3. The fourth-order valence-corrected chi connectivity index (χ4v) is 3.08. The Bertz CT molecular complexity index is 699. The number of halogens is 2. The van der Waals surface area contributed by atoms with Gasteiger partial charge in [0, 0.05) is 30.2 Å². The number of hydrogen-bond donors (Lipinski definition) is 0. The molecule has 1 aliphatic rings. The zero-order chi connectivity index (χ0) is 15.0. The van der Waals surface area contributed by atoms with Crippen molar-refractivity contribution in [2.45, 2.75) is 6.17 Å². The molecule has 3 rings (SSSR count). The Morgan fingerprint density at radius 1 is 0.905 bits per heavy atom. The zero-order valence-electron chi connectivity index (χ0n) is 11.8. The van der Waals surface area contributed by atoms with Gasteiger partial charge in [-0.3, -0.25) is 5.01 Å². The Hall–Kier alpha value is -1.71. The lowest BCUT2D eigenvalue weighted by molar-refractivity contribution is 0.183. The summed E-state index contributed by atoms with van der Waals surface area (Å²) in [6, 6.07) is 15.5. The smallest absolute Gasteiger partial charge is 0.159 e. The van der Waals surface area contributed by atoms with Crippen molar-refractivity contribution in [3.63, 3.8) is 0 Å². The van der Waals surface area contributed by atoms with Crippen molar-refractivity contribution in [1.29, 1.82) is 0 Å². The van der Waals surface area contributed by atoms with E-state index in [-0.39, 0.29) is 6.17 Å². The molecule has 0 amide bonds. The second-order valence-electron chi connectivity index (χ2n) is 4.98. The summed E-state index contributed by atoms with van der Waals surface area (Å²) in [7, 11) is 3.94. The zero-order valence-corrected chi connectivity index (χ0v) is 13.3. The molecular weight excluding hydrogens is 305 g/mol. The summed E-state index contributed by atoms with van der Waals surface area (Å²) in [5.74, 6) is 0.841. The lowest BCUT2D eigenvalue weighted by Gasteiger charge is -2.28. The molecule has 0 bridgehead atoms. The fraction of sp³-hybridized carbons (Fsp3) is 0.188.